The van der Waals surface area contributed by atoms with Crippen molar-refractivity contribution in [3.8, 4) is 0 Å². The molecule has 0 saturated heterocycles. The Labute approximate surface area is 180 Å². The molecule has 0 saturated carbocycles. The molecule has 8 nitrogen and oxygen atoms in total. The highest BCUT2D eigenvalue weighted by molar-refractivity contribution is 6.02. The molecule has 0 aliphatic carbocycles. The monoisotopic (exact) mass is 429 g/mol. The summed E-state index contributed by atoms with van der Waals surface area (Å²) >= 11 is 0. The molecule has 0 spiro atoms. The van der Waals surface area contributed by atoms with E-state index in [0.29, 0.717) is 11.0 Å². The SMILES string of the molecule is O=C(O[C@H](C(=O)c1ccccc1)c1ccc([N+](=O)[O-])cc1)c1cc2ccccc2oc1=O. The first kappa shape index (κ1) is 20.7. The molecule has 0 fully saturated rings. The maximum atomic E-state index is 13.1. The van der Waals surface area contributed by atoms with E-state index in [1.807, 2.05) is 0 Å². The van der Waals surface area contributed by atoms with Gasteiger partial charge in [0.15, 0.2) is 6.10 Å². The lowest BCUT2D eigenvalue weighted by Gasteiger charge is -2.17. The highest BCUT2D eigenvalue weighted by Crippen LogP contribution is 2.26. The van der Waals surface area contributed by atoms with Crippen LogP contribution >= 0.6 is 0 Å². The van der Waals surface area contributed by atoms with E-state index in [2.05, 4.69) is 0 Å². The van der Waals surface area contributed by atoms with Crippen LogP contribution in [0.25, 0.3) is 11.0 Å². The van der Waals surface area contributed by atoms with Crippen molar-refractivity contribution < 1.29 is 23.7 Å². The van der Waals surface area contributed by atoms with Gasteiger partial charge in [-0.1, -0.05) is 48.5 Å². The lowest BCUT2D eigenvalue weighted by molar-refractivity contribution is -0.384. The molecule has 0 aliphatic rings. The number of Topliss-reactive ketones (excluding diaryl/α,β-unsaturated/α-hetero) is 1. The van der Waals surface area contributed by atoms with Crippen LogP contribution in [0.3, 0.4) is 0 Å². The second-order valence-electron chi connectivity index (χ2n) is 6.85. The van der Waals surface area contributed by atoms with Gasteiger partial charge in [0.25, 0.3) is 5.69 Å². The third-order valence-electron chi connectivity index (χ3n) is 4.79. The molecule has 1 heterocycles. The topological polar surface area (TPSA) is 117 Å². The van der Waals surface area contributed by atoms with Gasteiger partial charge in [-0.3, -0.25) is 14.9 Å². The Bertz CT molecular complexity index is 1380. The number of esters is 1. The number of nitro groups is 1. The minimum absolute atomic E-state index is 0.179. The normalized spacial score (nSPS) is 11.6. The van der Waals surface area contributed by atoms with Crippen molar-refractivity contribution in [3.63, 3.8) is 0 Å². The molecule has 0 amide bonds. The van der Waals surface area contributed by atoms with Crippen LogP contribution in [0.4, 0.5) is 5.69 Å². The summed E-state index contributed by atoms with van der Waals surface area (Å²) in [4.78, 5) is 48.7. The fraction of sp³-hybridized carbons (Fsp3) is 0.0417. The maximum absolute atomic E-state index is 13.1. The molecule has 8 heteroatoms. The van der Waals surface area contributed by atoms with Gasteiger partial charge in [-0.05, 0) is 24.3 Å². The van der Waals surface area contributed by atoms with E-state index in [0.717, 1.165) is 0 Å². The first-order chi connectivity index (χ1) is 15.4. The summed E-state index contributed by atoms with van der Waals surface area (Å²) in [6.45, 7) is 0. The van der Waals surface area contributed by atoms with Crippen LogP contribution in [0, 0.1) is 10.1 Å². The molecule has 158 valence electrons. The third kappa shape index (κ3) is 4.15. The Morgan fingerprint density at radius 2 is 1.56 bits per heavy atom. The number of hydrogen-bond donors (Lipinski definition) is 0. The number of ketones is 1. The van der Waals surface area contributed by atoms with Gasteiger partial charge in [0.2, 0.25) is 5.78 Å². The van der Waals surface area contributed by atoms with Gasteiger partial charge in [-0.15, -0.1) is 0 Å². The quantitative estimate of drug-likeness (QED) is 0.146. The zero-order valence-corrected chi connectivity index (χ0v) is 16.5. The molecule has 0 N–H and O–H groups in total. The molecule has 4 aromatic rings. The number of fused-ring (bicyclic) bond motifs is 1. The average molecular weight is 429 g/mol. The number of rotatable bonds is 6. The molecule has 3 aromatic carbocycles. The molecular weight excluding hydrogens is 414 g/mol. The number of carbonyl (C=O) groups is 2. The summed E-state index contributed by atoms with van der Waals surface area (Å²) in [5.74, 6) is -1.59. The van der Waals surface area contributed by atoms with Gasteiger partial charge in [-0.25, -0.2) is 9.59 Å². The van der Waals surface area contributed by atoms with Crippen LogP contribution in [0.5, 0.6) is 0 Å². The van der Waals surface area contributed by atoms with E-state index >= 15 is 0 Å². The van der Waals surface area contributed by atoms with Gasteiger partial charge < -0.3 is 9.15 Å². The predicted octanol–water partition coefficient (Wildman–Crippen LogP) is 4.48. The van der Waals surface area contributed by atoms with Crippen molar-refractivity contribution in [2.24, 2.45) is 0 Å². The highest BCUT2D eigenvalue weighted by Gasteiger charge is 2.28. The second-order valence-corrected chi connectivity index (χ2v) is 6.85. The summed E-state index contributed by atoms with van der Waals surface area (Å²) in [6, 6.07) is 21.2. The van der Waals surface area contributed by atoms with Crippen molar-refractivity contribution in [3.05, 3.63) is 122 Å². The zero-order chi connectivity index (χ0) is 22.7. The lowest BCUT2D eigenvalue weighted by atomic mass is 9.99. The Hall–Kier alpha value is -4.59. The van der Waals surface area contributed by atoms with Crippen molar-refractivity contribution in [1.82, 2.24) is 0 Å². The standard InChI is InChI=1S/C24H15NO7/c26-21(15-6-2-1-3-7-15)22(16-10-12-18(13-11-16)25(29)30)32-24(28)19-14-17-8-4-5-9-20(17)31-23(19)27/h1-14,22H/t22-/m0/s1. The lowest BCUT2D eigenvalue weighted by Crippen LogP contribution is -2.23. The van der Waals surface area contributed by atoms with Crippen LogP contribution in [-0.4, -0.2) is 16.7 Å². The fourth-order valence-electron chi connectivity index (χ4n) is 3.17. The molecule has 1 atom stereocenters. The molecule has 4 rings (SSSR count). The summed E-state index contributed by atoms with van der Waals surface area (Å²) in [5, 5.41) is 11.5. The van der Waals surface area contributed by atoms with Gasteiger partial charge in [0.05, 0.1) is 4.92 Å². The number of nitro benzene ring substituents is 1. The molecule has 0 radical (unpaired) electrons. The van der Waals surface area contributed by atoms with E-state index in [1.54, 1.807) is 54.6 Å². The Kier molecular flexibility index (Phi) is 5.59. The fourth-order valence-corrected chi connectivity index (χ4v) is 3.17. The zero-order valence-electron chi connectivity index (χ0n) is 16.5. The van der Waals surface area contributed by atoms with Crippen LogP contribution in [-0.2, 0) is 4.74 Å². The van der Waals surface area contributed by atoms with Gasteiger partial charge in [-0.2, -0.15) is 0 Å². The largest absolute Gasteiger partial charge is 0.445 e. The number of para-hydroxylation sites is 1. The van der Waals surface area contributed by atoms with Crippen molar-refractivity contribution in [1.29, 1.82) is 0 Å². The first-order valence-electron chi connectivity index (χ1n) is 9.51. The van der Waals surface area contributed by atoms with Crippen LogP contribution in [0.2, 0.25) is 0 Å². The van der Waals surface area contributed by atoms with E-state index in [1.165, 1.54) is 30.3 Å². The first-order valence-corrected chi connectivity index (χ1v) is 9.51. The van der Waals surface area contributed by atoms with Crippen molar-refractivity contribution in [2.45, 2.75) is 6.10 Å². The van der Waals surface area contributed by atoms with Gasteiger partial charge in [0, 0.05) is 28.6 Å². The Balaban J connectivity index is 1.72. The average Bonchev–Trinajstić information content (AvgIpc) is 2.82. The number of ether oxygens (including phenoxy) is 1. The van der Waals surface area contributed by atoms with Crippen LogP contribution in [0.1, 0.15) is 32.4 Å². The molecule has 0 bridgehead atoms. The van der Waals surface area contributed by atoms with E-state index in [9.17, 15) is 24.5 Å². The summed E-state index contributed by atoms with van der Waals surface area (Å²) < 4.78 is 10.6. The molecular formula is C24H15NO7. The summed E-state index contributed by atoms with van der Waals surface area (Å²) in [5.41, 5.74) is -0.639. The summed E-state index contributed by atoms with van der Waals surface area (Å²) in [6.07, 6.45) is -1.42. The van der Waals surface area contributed by atoms with Crippen molar-refractivity contribution >= 4 is 28.4 Å². The van der Waals surface area contributed by atoms with Crippen LogP contribution < -0.4 is 5.63 Å². The molecule has 32 heavy (non-hydrogen) atoms. The third-order valence-corrected chi connectivity index (χ3v) is 4.79. The Morgan fingerprint density at radius 1 is 0.906 bits per heavy atom. The minimum atomic E-state index is -1.42. The number of non-ortho nitro benzene ring substituents is 1. The van der Waals surface area contributed by atoms with Crippen LogP contribution in [0.15, 0.2) is 94.1 Å². The van der Waals surface area contributed by atoms with Gasteiger partial charge in [0.1, 0.15) is 11.1 Å². The van der Waals surface area contributed by atoms with E-state index in [-0.39, 0.29) is 22.4 Å². The second kappa shape index (κ2) is 8.65. The predicted molar refractivity (Wildman–Crippen MR) is 115 cm³/mol. The number of carbonyl (C=O) groups excluding carboxylic acids is 2. The number of hydrogen-bond acceptors (Lipinski definition) is 7. The summed E-state index contributed by atoms with van der Waals surface area (Å²) in [7, 11) is 0. The molecule has 0 unspecified atom stereocenters. The van der Waals surface area contributed by atoms with Crippen molar-refractivity contribution in [2.75, 3.05) is 0 Å². The Morgan fingerprint density at radius 3 is 2.25 bits per heavy atom. The van der Waals surface area contributed by atoms with E-state index in [4.69, 9.17) is 9.15 Å². The molecule has 0 aliphatic heterocycles. The smallest absolute Gasteiger partial charge is 0.351 e. The highest BCUT2D eigenvalue weighted by atomic mass is 16.6. The van der Waals surface area contributed by atoms with E-state index < -0.39 is 28.4 Å². The van der Waals surface area contributed by atoms with Gasteiger partial charge >= 0.3 is 11.6 Å². The number of benzene rings is 3. The number of nitrogens with zero attached hydrogens (tertiary/aromatic N) is 1. The maximum Gasteiger partial charge on any atom is 0.351 e. The minimum Gasteiger partial charge on any atom is -0.445 e. The molecule has 1 aromatic heterocycles.